The maximum atomic E-state index is 13.5. The van der Waals surface area contributed by atoms with Crippen LogP contribution < -0.4 is 15.4 Å². The fourth-order valence-corrected chi connectivity index (χ4v) is 3.80. The van der Waals surface area contributed by atoms with Crippen molar-refractivity contribution in [3.05, 3.63) is 77.4 Å². The van der Waals surface area contributed by atoms with Crippen LogP contribution in [0.4, 0.5) is 14.5 Å². The molecule has 34 heavy (non-hydrogen) atoms. The Morgan fingerprint density at radius 1 is 1.12 bits per heavy atom. The van der Waals surface area contributed by atoms with Gasteiger partial charge in [-0.2, -0.15) is 5.10 Å². The molecule has 3 N–H and O–H groups in total. The van der Waals surface area contributed by atoms with E-state index in [1.807, 2.05) is 18.0 Å². The lowest BCUT2D eigenvalue weighted by atomic mass is 9.98. The highest BCUT2D eigenvalue weighted by molar-refractivity contribution is 6.07. The number of likely N-dealkylation sites (N-methyl/N-ethyl adjacent to an activating group) is 1. The van der Waals surface area contributed by atoms with E-state index >= 15 is 0 Å². The van der Waals surface area contributed by atoms with E-state index < -0.39 is 17.5 Å². The van der Waals surface area contributed by atoms with Gasteiger partial charge in [0.2, 0.25) is 5.91 Å². The first kappa shape index (κ1) is 23.2. The van der Waals surface area contributed by atoms with E-state index in [-0.39, 0.29) is 6.61 Å². The van der Waals surface area contributed by atoms with Crippen molar-refractivity contribution in [3.63, 3.8) is 0 Å². The largest absolute Gasteiger partial charge is 0.489 e. The molecule has 0 saturated carbocycles. The maximum absolute atomic E-state index is 13.5. The summed E-state index contributed by atoms with van der Waals surface area (Å²) in [5.41, 5.74) is 9.00. The van der Waals surface area contributed by atoms with Gasteiger partial charge in [-0.15, -0.1) is 0 Å². The summed E-state index contributed by atoms with van der Waals surface area (Å²) in [6, 6.07) is 13.8. The Kier molecular flexibility index (Phi) is 6.74. The number of primary amides is 1. The number of aromatic nitrogens is 2. The Labute approximate surface area is 195 Å². The minimum absolute atomic E-state index is 0.0176. The van der Waals surface area contributed by atoms with E-state index in [0.717, 1.165) is 17.3 Å². The normalized spacial score (nSPS) is 11.1. The number of fused-ring (bicyclic) bond motifs is 1. The van der Waals surface area contributed by atoms with Crippen LogP contribution in [0.3, 0.4) is 0 Å². The van der Waals surface area contributed by atoms with Gasteiger partial charge in [0.25, 0.3) is 0 Å². The van der Waals surface area contributed by atoms with Crippen molar-refractivity contribution in [2.24, 2.45) is 5.73 Å². The number of anilines is 1. The monoisotopic (exact) mass is 466 g/mol. The fraction of sp³-hybridized carbons (Fsp3) is 0.200. The zero-order valence-electron chi connectivity index (χ0n) is 18.8. The molecule has 7 nitrogen and oxygen atoms in total. The second-order valence-electron chi connectivity index (χ2n) is 7.82. The van der Waals surface area contributed by atoms with Crippen LogP contribution in [-0.2, 0) is 11.3 Å². The second kappa shape index (κ2) is 9.88. The van der Waals surface area contributed by atoms with Crippen LogP contribution in [0.5, 0.6) is 5.75 Å². The predicted molar refractivity (Wildman–Crippen MR) is 126 cm³/mol. The van der Waals surface area contributed by atoms with Gasteiger partial charge in [0.1, 0.15) is 29.7 Å². The van der Waals surface area contributed by atoms with E-state index in [0.29, 0.717) is 46.7 Å². The number of ether oxygens (including phenoxy) is 2. The molecular weight excluding hydrogens is 442 g/mol. The SMILES string of the molecule is COCCN(C)c1cccc(C(N)=O)c1-c1n[nH]c2ccc(OCc3cc(F)cc(F)c3)cc12. The standard InChI is InChI=1S/C25H24F2N4O3/c1-31(8-9-33-2)22-5-3-4-19(25(28)32)23(22)24-20-13-18(6-7-21(20)29-30-24)34-14-15-10-16(26)12-17(27)11-15/h3-7,10-13H,8-9,14H2,1-2H3,(H2,28,32)(H,29,30). The number of amides is 1. The number of rotatable bonds is 9. The first-order valence-electron chi connectivity index (χ1n) is 10.6. The molecule has 0 aliphatic rings. The highest BCUT2D eigenvalue weighted by Gasteiger charge is 2.21. The van der Waals surface area contributed by atoms with Crippen molar-refractivity contribution in [1.29, 1.82) is 0 Å². The molecule has 0 bridgehead atoms. The molecule has 0 unspecified atom stereocenters. The Morgan fingerprint density at radius 3 is 2.59 bits per heavy atom. The van der Waals surface area contributed by atoms with Crippen LogP contribution in [0.2, 0.25) is 0 Å². The quantitative estimate of drug-likeness (QED) is 0.384. The molecule has 4 rings (SSSR count). The highest BCUT2D eigenvalue weighted by Crippen LogP contribution is 2.37. The number of halogens is 2. The van der Waals surface area contributed by atoms with Gasteiger partial charge in [-0.05, 0) is 48.0 Å². The Hall–Kier alpha value is -3.98. The van der Waals surface area contributed by atoms with Gasteiger partial charge in [-0.25, -0.2) is 8.78 Å². The van der Waals surface area contributed by atoms with Crippen molar-refractivity contribution >= 4 is 22.5 Å². The number of nitrogens with one attached hydrogen (secondary N) is 1. The molecule has 0 spiro atoms. The smallest absolute Gasteiger partial charge is 0.249 e. The molecule has 1 heterocycles. The zero-order chi connectivity index (χ0) is 24.2. The zero-order valence-corrected chi connectivity index (χ0v) is 18.8. The summed E-state index contributed by atoms with van der Waals surface area (Å²) < 4.78 is 37.9. The summed E-state index contributed by atoms with van der Waals surface area (Å²) in [7, 11) is 3.51. The number of hydrogen-bond acceptors (Lipinski definition) is 5. The fourth-order valence-electron chi connectivity index (χ4n) is 3.80. The summed E-state index contributed by atoms with van der Waals surface area (Å²) in [6.45, 7) is 1.07. The average Bonchev–Trinajstić information content (AvgIpc) is 3.23. The Morgan fingerprint density at radius 2 is 1.88 bits per heavy atom. The first-order chi connectivity index (χ1) is 16.4. The number of carbonyl (C=O) groups is 1. The van der Waals surface area contributed by atoms with E-state index in [4.69, 9.17) is 15.2 Å². The van der Waals surface area contributed by atoms with Crippen LogP contribution in [0, 0.1) is 11.6 Å². The lowest BCUT2D eigenvalue weighted by Crippen LogP contribution is -2.24. The van der Waals surface area contributed by atoms with Crippen molar-refractivity contribution < 1.29 is 23.0 Å². The van der Waals surface area contributed by atoms with Crippen molar-refractivity contribution in [3.8, 4) is 17.0 Å². The molecule has 176 valence electrons. The number of nitrogens with zero attached hydrogens (tertiary/aromatic N) is 2. The number of methoxy groups -OCH3 is 1. The van der Waals surface area contributed by atoms with E-state index in [2.05, 4.69) is 10.2 Å². The molecule has 3 aromatic carbocycles. The van der Waals surface area contributed by atoms with Crippen LogP contribution in [0.25, 0.3) is 22.2 Å². The van der Waals surface area contributed by atoms with Gasteiger partial charge in [0.05, 0.1) is 17.7 Å². The number of H-pyrrole nitrogens is 1. The summed E-state index contributed by atoms with van der Waals surface area (Å²) >= 11 is 0. The van der Waals surface area contributed by atoms with E-state index in [1.54, 1.807) is 37.4 Å². The maximum Gasteiger partial charge on any atom is 0.249 e. The minimum atomic E-state index is -0.667. The predicted octanol–water partition coefficient (Wildman–Crippen LogP) is 4.27. The highest BCUT2D eigenvalue weighted by atomic mass is 19.1. The molecule has 0 radical (unpaired) electrons. The van der Waals surface area contributed by atoms with Crippen LogP contribution in [0.1, 0.15) is 15.9 Å². The lowest BCUT2D eigenvalue weighted by molar-refractivity contribution is 0.100. The average molecular weight is 466 g/mol. The van der Waals surface area contributed by atoms with Gasteiger partial charge in [-0.1, -0.05) is 6.07 Å². The number of carbonyl (C=O) groups excluding carboxylic acids is 1. The first-order valence-corrected chi connectivity index (χ1v) is 10.6. The lowest BCUT2D eigenvalue weighted by Gasteiger charge is -2.23. The number of aromatic amines is 1. The van der Waals surface area contributed by atoms with Gasteiger partial charge in [0.15, 0.2) is 0 Å². The minimum Gasteiger partial charge on any atom is -0.489 e. The van der Waals surface area contributed by atoms with Gasteiger partial charge in [0, 0.05) is 43.4 Å². The molecule has 0 fully saturated rings. The van der Waals surface area contributed by atoms with Crippen LogP contribution in [-0.4, -0.2) is 43.4 Å². The van der Waals surface area contributed by atoms with Gasteiger partial charge >= 0.3 is 0 Å². The second-order valence-corrected chi connectivity index (χ2v) is 7.82. The molecule has 9 heteroatoms. The molecule has 0 atom stereocenters. The number of benzene rings is 3. The summed E-state index contributed by atoms with van der Waals surface area (Å²) in [6.07, 6.45) is 0. The molecule has 1 aromatic heterocycles. The summed E-state index contributed by atoms with van der Waals surface area (Å²) in [4.78, 5) is 14.2. The molecule has 1 amide bonds. The molecule has 0 aliphatic heterocycles. The van der Waals surface area contributed by atoms with Gasteiger partial charge < -0.3 is 20.1 Å². The van der Waals surface area contributed by atoms with Crippen LogP contribution >= 0.6 is 0 Å². The van der Waals surface area contributed by atoms with Crippen LogP contribution in [0.15, 0.2) is 54.6 Å². The Bertz CT molecular complexity index is 1320. The molecular formula is C25H24F2N4O3. The number of hydrogen-bond donors (Lipinski definition) is 2. The third-order valence-corrected chi connectivity index (χ3v) is 5.45. The third-order valence-electron chi connectivity index (χ3n) is 5.45. The van der Waals surface area contributed by atoms with E-state index in [9.17, 15) is 13.6 Å². The molecule has 0 saturated heterocycles. The summed E-state index contributed by atoms with van der Waals surface area (Å²) in [5.74, 6) is -1.43. The van der Waals surface area contributed by atoms with Crippen molar-refractivity contribution in [2.75, 3.05) is 32.2 Å². The topological polar surface area (TPSA) is 93.5 Å². The molecule has 0 aliphatic carbocycles. The van der Waals surface area contributed by atoms with Gasteiger partial charge in [-0.3, -0.25) is 9.89 Å². The van der Waals surface area contributed by atoms with Crippen molar-refractivity contribution in [1.82, 2.24) is 10.2 Å². The van der Waals surface area contributed by atoms with Crippen molar-refractivity contribution in [2.45, 2.75) is 6.61 Å². The Balaban J connectivity index is 1.74. The number of nitrogens with two attached hydrogens (primary N) is 1. The molecule has 4 aromatic rings. The van der Waals surface area contributed by atoms with E-state index in [1.165, 1.54) is 12.1 Å². The summed E-state index contributed by atoms with van der Waals surface area (Å²) in [5, 5.41) is 8.15. The third kappa shape index (κ3) is 4.84.